The molecule has 2 saturated carbocycles. The van der Waals surface area contributed by atoms with E-state index in [2.05, 4.69) is 38.3 Å². The molecule has 0 saturated heterocycles. The predicted molar refractivity (Wildman–Crippen MR) is 79.8 cm³/mol. The molecule has 1 aromatic rings. The van der Waals surface area contributed by atoms with Gasteiger partial charge in [-0.05, 0) is 80.9 Å². The van der Waals surface area contributed by atoms with E-state index in [0.717, 1.165) is 24.2 Å². The Hall–Kier alpha value is -0.860. The number of hydrazine groups is 1. The Kier molecular flexibility index (Phi) is 3.40. The largest absolute Gasteiger partial charge is 0.271 e. The van der Waals surface area contributed by atoms with E-state index in [9.17, 15) is 0 Å². The third-order valence-corrected chi connectivity index (χ3v) is 5.33. The van der Waals surface area contributed by atoms with Crippen LogP contribution >= 0.6 is 0 Å². The summed E-state index contributed by atoms with van der Waals surface area (Å²) in [5.74, 6) is 8.68. The molecule has 3 rings (SSSR count). The minimum Gasteiger partial charge on any atom is -0.271 e. The molecule has 0 radical (unpaired) electrons. The van der Waals surface area contributed by atoms with Crippen LogP contribution in [-0.2, 0) is 6.42 Å². The van der Waals surface area contributed by atoms with Crippen LogP contribution < -0.4 is 11.3 Å². The molecule has 0 aromatic heterocycles. The van der Waals surface area contributed by atoms with Gasteiger partial charge in [-0.3, -0.25) is 11.3 Å². The van der Waals surface area contributed by atoms with Crippen molar-refractivity contribution >= 4 is 0 Å². The number of hydrogen-bond acceptors (Lipinski definition) is 2. The maximum Gasteiger partial charge on any atom is 0.0279 e. The third-order valence-electron chi connectivity index (χ3n) is 5.33. The van der Waals surface area contributed by atoms with Crippen LogP contribution in [0.1, 0.15) is 41.5 Å². The highest BCUT2D eigenvalue weighted by Gasteiger charge is 2.47. The predicted octanol–water partition coefficient (Wildman–Crippen LogP) is 3.03. The zero-order valence-corrected chi connectivity index (χ0v) is 12.4. The number of hydrogen-bond donors (Lipinski definition) is 2. The lowest BCUT2D eigenvalue weighted by atomic mass is 9.87. The second-order valence-electron chi connectivity index (χ2n) is 6.84. The van der Waals surface area contributed by atoms with Crippen molar-refractivity contribution < 1.29 is 0 Å². The fraction of sp³-hybridized carbons (Fsp3) is 0.647. The molecule has 3 atom stereocenters. The molecule has 0 heterocycles. The van der Waals surface area contributed by atoms with Gasteiger partial charge in [-0.15, -0.1) is 0 Å². The summed E-state index contributed by atoms with van der Waals surface area (Å²) in [6.45, 7) is 6.64. The van der Waals surface area contributed by atoms with Gasteiger partial charge in [0.15, 0.2) is 0 Å². The van der Waals surface area contributed by atoms with E-state index in [1.807, 2.05) is 0 Å². The summed E-state index contributed by atoms with van der Waals surface area (Å²) in [5.41, 5.74) is 8.79. The summed E-state index contributed by atoms with van der Waals surface area (Å²) in [6.07, 6.45) is 5.35. The van der Waals surface area contributed by atoms with Gasteiger partial charge in [0.05, 0.1) is 0 Å². The van der Waals surface area contributed by atoms with Crippen LogP contribution in [0.15, 0.2) is 12.1 Å². The molecule has 0 aliphatic heterocycles. The van der Waals surface area contributed by atoms with E-state index >= 15 is 0 Å². The average molecular weight is 258 g/mol. The lowest BCUT2D eigenvalue weighted by Crippen LogP contribution is -2.42. The molecule has 0 spiro atoms. The van der Waals surface area contributed by atoms with E-state index in [-0.39, 0.29) is 0 Å². The zero-order valence-electron chi connectivity index (χ0n) is 12.4. The molecule has 2 nitrogen and oxygen atoms in total. The molecule has 1 aromatic carbocycles. The lowest BCUT2D eigenvalue weighted by molar-refractivity contribution is 0.335. The first-order valence-electron chi connectivity index (χ1n) is 7.61. The molecule has 104 valence electrons. The van der Waals surface area contributed by atoms with E-state index < -0.39 is 0 Å². The van der Waals surface area contributed by atoms with Crippen molar-refractivity contribution in [1.82, 2.24) is 5.43 Å². The van der Waals surface area contributed by atoms with Gasteiger partial charge in [-0.25, -0.2) is 0 Å². The maximum absolute atomic E-state index is 5.84. The minimum absolute atomic E-state index is 0.452. The van der Waals surface area contributed by atoms with Crippen molar-refractivity contribution in [2.75, 3.05) is 0 Å². The van der Waals surface area contributed by atoms with Crippen molar-refractivity contribution in [3.63, 3.8) is 0 Å². The summed E-state index contributed by atoms with van der Waals surface area (Å²) < 4.78 is 0. The molecule has 2 aliphatic carbocycles. The number of rotatable bonds is 4. The highest BCUT2D eigenvalue weighted by Crippen LogP contribution is 2.55. The van der Waals surface area contributed by atoms with E-state index in [1.54, 1.807) is 0 Å². The Bertz CT molecular complexity index is 447. The average Bonchev–Trinajstić information content (AvgIpc) is 2.95. The van der Waals surface area contributed by atoms with Gasteiger partial charge in [-0.1, -0.05) is 17.7 Å². The van der Waals surface area contributed by atoms with Crippen molar-refractivity contribution in [3.8, 4) is 0 Å². The Morgan fingerprint density at radius 1 is 1.11 bits per heavy atom. The summed E-state index contributed by atoms with van der Waals surface area (Å²) in [6, 6.07) is 5.04. The van der Waals surface area contributed by atoms with Gasteiger partial charge in [0.2, 0.25) is 0 Å². The first kappa shape index (κ1) is 13.1. The number of nitrogens with two attached hydrogens (primary N) is 1. The highest BCUT2D eigenvalue weighted by atomic mass is 15.2. The summed E-state index contributed by atoms with van der Waals surface area (Å²) in [4.78, 5) is 0. The summed E-state index contributed by atoms with van der Waals surface area (Å²) in [7, 11) is 0. The van der Waals surface area contributed by atoms with E-state index in [0.29, 0.717) is 6.04 Å². The number of benzene rings is 1. The zero-order chi connectivity index (χ0) is 13.6. The minimum atomic E-state index is 0.452. The molecule has 3 unspecified atom stereocenters. The van der Waals surface area contributed by atoms with Crippen molar-refractivity contribution in [3.05, 3.63) is 34.4 Å². The number of nitrogens with one attached hydrogen (secondary N) is 1. The van der Waals surface area contributed by atoms with Crippen molar-refractivity contribution in [2.24, 2.45) is 23.6 Å². The van der Waals surface area contributed by atoms with Gasteiger partial charge in [-0.2, -0.15) is 0 Å². The van der Waals surface area contributed by atoms with Gasteiger partial charge in [0.1, 0.15) is 0 Å². The van der Waals surface area contributed by atoms with Crippen LogP contribution in [0, 0.1) is 38.5 Å². The fourth-order valence-corrected chi connectivity index (χ4v) is 4.20. The van der Waals surface area contributed by atoms with Crippen LogP contribution in [0.4, 0.5) is 0 Å². The number of aryl methyl sites for hydroxylation is 3. The van der Waals surface area contributed by atoms with Gasteiger partial charge in [0, 0.05) is 6.04 Å². The molecular weight excluding hydrogens is 232 g/mol. The second kappa shape index (κ2) is 4.92. The summed E-state index contributed by atoms with van der Waals surface area (Å²) in [5, 5.41) is 0. The Labute approximate surface area is 116 Å². The molecular formula is C17H26N2. The Balaban J connectivity index is 1.75. The van der Waals surface area contributed by atoms with Crippen LogP contribution in [0.5, 0.6) is 0 Å². The smallest absolute Gasteiger partial charge is 0.0279 e. The standard InChI is InChI=1S/C17H26N2/c1-10-4-11(2)16(12(3)5-10)9-17(19-18)15-7-13-6-14(13)8-15/h4-5,13-15,17,19H,6-9,18H2,1-3H3. The lowest BCUT2D eigenvalue weighted by Gasteiger charge is -2.25. The first-order chi connectivity index (χ1) is 9.08. The van der Waals surface area contributed by atoms with Crippen LogP contribution in [0.25, 0.3) is 0 Å². The van der Waals surface area contributed by atoms with E-state index in [1.165, 1.54) is 41.5 Å². The Morgan fingerprint density at radius 2 is 1.68 bits per heavy atom. The molecule has 19 heavy (non-hydrogen) atoms. The Morgan fingerprint density at radius 3 is 2.21 bits per heavy atom. The molecule has 0 amide bonds. The van der Waals surface area contributed by atoms with Gasteiger partial charge in [0.25, 0.3) is 0 Å². The van der Waals surface area contributed by atoms with Crippen LogP contribution in [0.3, 0.4) is 0 Å². The number of fused-ring (bicyclic) bond motifs is 1. The second-order valence-corrected chi connectivity index (χ2v) is 6.84. The van der Waals surface area contributed by atoms with Crippen LogP contribution in [0.2, 0.25) is 0 Å². The molecule has 0 bridgehead atoms. The first-order valence-corrected chi connectivity index (χ1v) is 7.61. The highest BCUT2D eigenvalue weighted by molar-refractivity contribution is 5.38. The quantitative estimate of drug-likeness (QED) is 0.643. The van der Waals surface area contributed by atoms with Gasteiger partial charge >= 0.3 is 0 Å². The molecule has 3 N–H and O–H groups in total. The van der Waals surface area contributed by atoms with Crippen LogP contribution in [-0.4, -0.2) is 6.04 Å². The van der Waals surface area contributed by atoms with Crippen molar-refractivity contribution in [2.45, 2.75) is 52.5 Å². The van der Waals surface area contributed by atoms with Crippen molar-refractivity contribution in [1.29, 1.82) is 0 Å². The maximum atomic E-state index is 5.84. The fourth-order valence-electron chi connectivity index (χ4n) is 4.20. The monoisotopic (exact) mass is 258 g/mol. The molecule has 2 heteroatoms. The summed E-state index contributed by atoms with van der Waals surface area (Å²) >= 11 is 0. The molecule has 2 aliphatic rings. The third kappa shape index (κ3) is 2.56. The topological polar surface area (TPSA) is 38.0 Å². The molecule has 2 fully saturated rings. The van der Waals surface area contributed by atoms with Gasteiger partial charge < -0.3 is 0 Å². The normalized spacial score (nSPS) is 30.2. The SMILES string of the molecule is Cc1cc(C)c(CC(NN)C2CC3CC3C2)c(C)c1. The van der Waals surface area contributed by atoms with E-state index in [4.69, 9.17) is 5.84 Å².